The Labute approximate surface area is 76.1 Å². The van der Waals surface area contributed by atoms with Crippen molar-refractivity contribution < 1.29 is 0 Å². The minimum Gasteiger partial charge on any atom is -0.118 e. The molecule has 0 radical (unpaired) electrons. The van der Waals surface area contributed by atoms with Gasteiger partial charge in [0, 0.05) is 5.02 Å². The molecular formula is C9H8Cl2. The number of fused-ring (bicyclic) bond motifs is 1. The fourth-order valence-electron chi connectivity index (χ4n) is 1.53. The summed E-state index contributed by atoms with van der Waals surface area (Å²) in [6.07, 6.45) is 2.13. The SMILES string of the molecule is Clc1ccc2c(c1)CC[C@H]2Cl. The maximum Gasteiger partial charge on any atom is 0.0591 e. The van der Waals surface area contributed by atoms with Crippen molar-refractivity contribution in [3.63, 3.8) is 0 Å². The van der Waals surface area contributed by atoms with Crippen LogP contribution in [0.5, 0.6) is 0 Å². The average molecular weight is 187 g/mol. The first-order valence-corrected chi connectivity index (χ1v) is 4.51. The highest BCUT2D eigenvalue weighted by molar-refractivity contribution is 6.30. The smallest absolute Gasteiger partial charge is 0.0591 e. The molecule has 0 aliphatic heterocycles. The highest BCUT2D eigenvalue weighted by Gasteiger charge is 2.19. The molecule has 1 atom stereocenters. The van der Waals surface area contributed by atoms with Gasteiger partial charge in [-0.05, 0) is 36.1 Å². The molecule has 0 amide bonds. The maximum atomic E-state index is 6.05. The van der Waals surface area contributed by atoms with E-state index in [1.807, 2.05) is 18.2 Å². The van der Waals surface area contributed by atoms with Crippen LogP contribution >= 0.6 is 23.2 Å². The second kappa shape index (κ2) is 2.69. The number of halogens is 2. The van der Waals surface area contributed by atoms with Gasteiger partial charge in [0.2, 0.25) is 0 Å². The number of hydrogen-bond donors (Lipinski definition) is 0. The van der Waals surface area contributed by atoms with Crippen molar-refractivity contribution in [2.24, 2.45) is 0 Å². The number of hydrogen-bond acceptors (Lipinski definition) is 0. The number of rotatable bonds is 0. The average Bonchev–Trinajstić information content (AvgIpc) is 2.32. The molecule has 58 valence electrons. The largest absolute Gasteiger partial charge is 0.118 e. The summed E-state index contributed by atoms with van der Waals surface area (Å²) in [7, 11) is 0. The van der Waals surface area contributed by atoms with E-state index in [1.165, 1.54) is 11.1 Å². The number of alkyl halides is 1. The molecule has 0 saturated heterocycles. The third kappa shape index (κ3) is 1.25. The monoisotopic (exact) mass is 186 g/mol. The van der Waals surface area contributed by atoms with Gasteiger partial charge in [-0.15, -0.1) is 11.6 Å². The van der Waals surface area contributed by atoms with Gasteiger partial charge in [0.1, 0.15) is 0 Å². The van der Waals surface area contributed by atoms with E-state index in [2.05, 4.69) is 0 Å². The zero-order valence-electron chi connectivity index (χ0n) is 5.98. The third-order valence-corrected chi connectivity index (χ3v) is 2.80. The Morgan fingerprint density at radius 1 is 1.36 bits per heavy atom. The minimum absolute atomic E-state index is 0.210. The molecule has 11 heavy (non-hydrogen) atoms. The zero-order chi connectivity index (χ0) is 7.84. The highest BCUT2D eigenvalue weighted by Crippen LogP contribution is 2.36. The van der Waals surface area contributed by atoms with Crippen molar-refractivity contribution in [3.05, 3.63) is 34.3 Å². The summed E-state index contributed by atoms with van der Waals surface area (Å²) in [6.45, 7) is 0. The van der Waals surface area contributed by atoms with Crippen LogP contribution in [0.15, 0.2) is 18.2 Å². The normalized spacial score (nSPS) is 21.8. The lowest BCUT2D eigenvalue weighted by atomic mass is 10.1. The predicted octanol–water partition coefficient (Wildman–Crippen LogP) is 3.57. The van der Waals surface area contributed by atoms with Gasteiger partial charge in [-0.2, -0.15) is 0 Å². The van der Waals surface area contributed by atoms with Crippen LogP contribution in [0.2, 0.25) is 5.02 Å². The van der Waals surface area contributed by atoms with Crippen molar-refractivity contribution in [2.45, 2.75) is 18.2 Å². The first-order chi connectivity index (χ1) is 5.27. The van der Waals surface area contributed by atoms with Crippen LogP contribution in [-0.4, -0.2) is 0 Å². The molecule has 1 aliphatic carbocycles. The summed E-state index contributed by atoms with van der Waals surface area (Å²) in [4.78, 5) is 0. The molecule has 0 unspecified atom stereocenters. The standard InChI is InChI=1S/C9H8Cl2/c10-7-2-3-8-6(5-7)1-4-9(8)11/h2-3,5,9H,1,4H2/t9-/m1/s1. The van der Waals surface area contributed by atoms with Crippen molar-refractivity contribution in [1.29, 1.82) is 0 Å². The van der Waals surface area contributed by atoms with E-state index >= 15 is 0 Å². The first-order valence-electron chi connectivity index (χ1n) is 3.70. The molecule has 0 spiro atoms. The lowest BCUT2D eigenvalue weighted by Gasteiger charge is -2.01. The Morgan fingerprint density at radius 2 is 2.18 bits per heavy atom. The summed E-state index contributed by atoms with van der Waals surface area (Å²) in [5, 5.41) is 1.02. The van der Waals surface area contributed by atoms with E-state index in [-0.39, 0.29) is 5.38 Å². The molecule has 1 aromatic rings. The van der Waals surface area contributed by atoms with Gasteiger partial charge in [-0.25, -0.2) is 0 Å². The Morgan fingerprint density at radius 3 is 3.00 bits per heavy atom. The molecule has 0 nitrogen and oxygen atoms in total. The van der Waals surface area contributed by atoms with Crippen LogP contribution in [0.4, 0.5) is 0 Å². The molecule has 0 saturated carbocycles. The Balaban J connectivity index is 2.50. The van der Waals surface area contributed by atoms with Gasteiger partial charge >= 0.3 is 0 Å². The van der Waals surface area contributed by atoms with Gasteiger partial charge in [0.05, 0.1) is 5.38 Å². The van der Waals surface area contributed by atoms with E-state index in [0.29, 0.717) is 0 Å². The summed E-state index contributed by atoms with van der Waals surface area (Å²) in [6, 6.07) is 5.95. The maximum absolute atomic E-state index is 6.05. The van der Waals surface area contributed by atoms with Crippen LogP contribution in [-0.2, 0) is 6.42 Å². The fourth-order valence-corrected chi connectivity index (χ4v) is 2.05. The summed E-state index contributed by atoms with van der Waals surface area (Å²) < 4.78 is 0. The van der Waals surface area contributed by atoms with Crippen molar-refractivity contribution in [2.75, 3.05) is 0 Å². The van der Waals surface area contributed by atoms with Crippen LogP contribution < -0.4 is 0 Å². The molecule has 1 aliphatic rings. The molecule has 0 bridgehead atoms. The van der Waals surface area contributed by atoms with Crippen molar-refractivity contribution in [1.82, 2.24) is 0 Å². The molecule has 1 aromatic carbocycles. The highest BCUT2D eigenvalue weighted by atomic mass is 35.5. The Bertz CT molecular complexity index is 281. The minimum atomic E-state index is 0.210. The van der Waals surface area contributed by atoms with Crippen LogP contribution in [0.1, 0.15) is 22.9 Å². The second-order valence-electron chi connectivity index (χ2n) is 2.85. The third-order valence-electron chi connectivity index (χ3n) is 2.11. The van der Waals surface area contributed by atoms with E-state index in [0.717, 1.165) is 17.9 Å². The predicted molar refractivity (Wildman–Crippen MR) is 48.4 cm³/mol. The van der Waals surface area contributed by atoms with Gasteiger partial charge in [0.25, 0.3) is 0 Å². The number of benzene rings is 1. The van der Waals surface area contributed by atoms with Crippen molar-refractivity contribution >= 4 is 23.2 Å². The van der Waals surface area contributed by atoms with Crippen molar-refractivity contribution in [3.8, 4) is 0 Å². The fraction of sp³-hybridized carbons (Fsp3) is 0.333. The summed E-state index contributed by atoms with van der Waals surface area (Å²) in [5.41, 5.74) is 2.58. The van der Waals surface area contributed by atoms with Gasteiger partial charge < -0.3 is 0 Å². The Hall–Kier alpha value is -0.200. The molecule has 0 aromatic heterocycles. The van der Waals surface area contributed by atoms with Crippen LogP contribution in [0.25, 0.3) is 0 Å². The van der Waals surface area contributed by atoms with Gasteiger partial charge in [-0.3, -0.25) is 0 Å². The summed E-state index contributed by atoms with van der Waals surface area (Å²) in [5.74, 6) is 0. The molecule has 2 rings (SSSR count). The lowest BCUT2D eigenvalue weighted by Crippen LogP contribution is -1.82. The van der Waals surface area contributed by atoms with Gasteiger partial charge in [-0.1, -0.05) is 17.7 Å². The lowest BCUT2D eigenvalue weighted by molar-refractivity contribution is 0.882. The van der Waals surface area contributed by atoms with E-state index in [4.69, 9.17) is 23.2 Å². The van der Waals surface area contributed by atoms with E-state index in [9.17, 15) is 0 Å². The molecule has 0 N–H and O–H groups in total. The van der Waals surface area contributed by atoms with Gasteiger partial charge in [0.15, 0.2) is 0 Å². The van der Waals surface area contributed by atoms with Crippen LogP contribution in [0, 0.1) is 0 Å². The first kappa shape index (κ1) is 7.45. The topological polar surface area (TPSA) is 0 Å². The zero-order valence-corrected chi connectivity index (χ0v) is 7.49. The quantitative estimate of drug-likeness (QED) is 0.544. The molecule has 0 heterocycles. The van der Waals surface area contributed by atoms with Crippen LogP contribution in [0.3, 0.4) is 0 Å². The Kier molecular flexibility index (Phi) is 1.82. The molecular weight excluding hydrogens is 179 g/mol. The van der Waals surface area contributed by atoms with E-state index in [1.54, 1.807) is 0 Å². The number of aryl methyl sites for hydroxylation is 1. The molecule has 0 fully saturated rings. The van der Waals surface area contributed by atoms with E-state index < -0.39 is 0 Å². The second-order valence-corrected chi connectivity index (χ2v) is 3.81. The summed E-state index contributed by atoms with van der Waals surface area (Å²) >= 11 is 11.9. The molecule has 2 heteroatoms.